The number of esters is 2. The summed E-state index contributed by atoms with van der Waals surface area (Å²) in [5.41, 5.74) is 0. The molecule has 0 aromatic heterocycles. The Kier molecular flexibility index (Phi) is 55.2. The topological polar surface area (TPSA) is 111 Å². The monoisotopic (exact) mass is 1090 g/mol. The average Bonchev–Trinajstić information content (AvgIpc) is 3.42. The third-order valence-corrected chi connectivity index (χ3v) is 12.3. The van der Waals surface area contributed by atoms with Gasteiger partial charge in [0.05, 0.1) is 40.3 Å². The van der Waals surface area contributed by atoms with E-state index < -0.39 is 30.3 Å². The van der Waals surface area contributed by atoms with Crippen molar-refractivity contribution < 1.29 is 42.9 Å². The summed E-state index contributed by atoms with van der Waals surface area (Å²) in [5, 5.41) is 11.8. The summed E-state index contributed by atoms with van der Waals surface area (Å²) >= 11 is 0. The lowest BCUT2D eigenvalue weighted by molar-refractivity contribution is -0.870. The highest BCUT2D eigenvalue weighted by atomic mass is 16.7. The molecule has 0 radical (unpaired) electrons. The van der Waals surface area contributed by atoms with Crippen LogP contribution in [-0.2, 0) is 33.3 Å². The molecule has 9 heteroatoms. The molecular formula is C70H111NO8. The smallest absolute Gasteiger partial charge is 0.306 e. The number of hydrogen-bond donors (Lipinski definition) is 0. The Balaban J connectivity index is 4.18. The molecule has 0 saturated heterocycles. The molecule has 9 nitrogen and oxygen atoms in total. The Labute approximate surface area is 483 Å². The normalized spacial score (nSPS) is 13.9. The Morgan fingerprint density at radius 3 is 1.04 bits per heavy atom. The van der Waals surface area contributed by atoms with Crippen LogP contribution in [0.3, 0.4) is 0 Å². The largest absolute Gasteiger partial charge is 0.545 e. The van der Waals surface area contributed by atoms with E-state index in [9.17, 15) is 19.5 Å². The van der Waals surface area contributed by atoms with E-state index in [0.717, 1.165) is 122 Å². The third-order valence-electron chi connectivity index (χ3n) is 12.3. The van der Waals surface area contributed by atoms with Gasteiger partial charge in [0.1, 0.15) is 13.2 Å². The SMILES string of the molecule is CC/C=C\C/C=C\C/C=C\C/C=C\C/C=C\C/C=C\C/C=C\C/C=C\C/C=C\CCCCCCCCCCCCCC(=O)OC(COC(=O)CCCC/C=C\C/C=C\C/C=C\C/C=C\CC)COC(OCC[N+](C)(C)C)C(=O)[O-]. The van der Waals surface area contributed by atoms with Crippen molar-refractivity contribution >= 4 is 17.9 Å². The lowest BCUT2D eigenvalue weighted by atomic mass is 10.0. The molecule has 0 aliphatic rings. The van der Waals surface area contributed by atoms with Crippen molar-refractivity contribution in [3.8, 4) is 0 Å². The van der Waals surface area contributed by atoms with Gasteiger partial charge in [-0.2, -0.15) is 0 Å². The van der Waals surface area contributed by atoms with E-state index in [-0.39, 0.29) is 32.7 Å². The van der Waals surface area contributed by atoms with Gasteiger partial charge >= 0.3 is 11.9 Å². The number of ether oxygens (including phenoxy) is 4. The Bertz CT molecular complexity index is 1850. The van der Waals surface area contributed by atoms with E-state index in [0.29, 0.717) is 23.9 Å². The molecule has 0 aliphatic carbocycles. The molecule has 0 aliphatic heterocycles. The first-order valence-corrected chi connectivity index (χ1v) is 30.6. The molecule has 0 spiro atoms. The average molecular weight is 1090 g/mol. The maximum Gasteiger partial charge on any atom is 0.306 e. The molecule has 0 saturated carbocycles. The number of unbranched alkanes of at least 4 members (excludes halogenated alkanes) is 13. The molecule has 0 aromatic carbocycles. The lowest BCUT2D eigenvalue weighted by Crippen LogP contribution is -2.44. The highest BCUT2D eigenvalue weighted by Gasteiger charge is 2.22. The van der Waals surface area contributed by atoms with E-state index in [1.54, 1.807) is 0 Å². The van der Waals surface area contributed by atoms with Gasteiger partial charge in [-0.25, -0.2) is 0 Å². The summed E-state index contributed by atoms with van der Waals surface area (Å²) in [5.74, 6) is -2.36. The first-order valence-electron chi connectivity index (χ1n) is 30.6. The van der Waals surface area contributed by atoms with Gasteiger partial charge in [0.15, 0.2) is 12.4 Å². The number of quaternary nitrogens is 1. The fourth-order valence-corrected chi connectivity index (χ4v) is 7.64. The zero-order valence-corrected chi connectivity index (χ0v) is 50.4. The zero-order chi connectivity index (χ0) is 57.6. The highest BCUT2D eigenvalue weighted by molar-refractivity contribution is 5.70. The molecule has 2 unspecified atom stereocenters. The number of carboxylic acids is 1. The van der Waals surface area contributed by atoms with Gasteiger partial charge in [-0.15, -0.1) is 0 Å². The quantitative estimate of drug-likeness (QED) is 0.0195. The predicted molar refractivity (Wildman–Crippen MR) is 333 cm³/mol. The van der Waals surface area contributed by atoms with E-state index >= 15 is 0 Å². The summed E-state index contributed by atoms with van der Waals surface area (Å²) in [7, 11) is 5.89. The van der Waals surface area contributed by atoms with Crippen LogP contribution in [0.15, 0.2) is 158 Å². The number of allylic oxidation sites excluding steroid dienone is 26. The standard InChI is InChI=1S/C70H111NO8/c1-6-8-10-12-14-16-18-20-22-23-24-25-26-27-28-29-30-31-32-33-34-35-36-37-38-39-40-41-42-43-44-45-47-49-51-53-55-57-59-61-68(73)79-66(65-78-70(69(74)75)76-63-62-71(3,4)5)64-77-67(72)60-58-56-54-52-50-48-46-21-19-17-15-13-11-9-7-2/h8-11,14-17,20-22,24-25,27-28,30-31,33-34,36-37,39-40,46,50,52,66,70H,6-7,12-13,18-19,23,26,29,32,35,38,41-45,47-49,51,53-65H2,1-5H3/b10-8-,11-9-,16-14-,17-15-,22-20-,25-24-,28-27-,31-30-,34-33-,37-36-,40-39-,46-21-,52-50-. The maximum atomic E-state index is 12.9. The molecule has 0 amide bonds. The molecule has 0 bridgehead atoms. The molecule has 79 heavy (non-hydrogen) atoms. The van der Waals surface area contributed by atoms with Gasteiger partial charge in [-0.05, 0) is 122 Å². The minimum atomic E-state index is -1.64. The van der Waals surface area contributed by atoms with Crippen LogP contribution in [-0.4, -0.2) is 82.3 Å². The fourth-order valence-electron chi connectivity index (χ4n) is 7.64. The summed E-state index contributed by atoms with van der Waals surface area (Å²) in [6.07, 6.45) is 84.6. The van der Waals surface area contributed by atoms with Crippen molar-refractivity contribution in [3.63, 3.8) is 0 Å². The number of likely N-dealkylation sites (N-methyl/N-ethyl adjacent to an activating group) is 1. The van der Waals surface area contributed by atoms with Crippen LogP contribution in [0.5, 0.6) is 0 Å². The number of carbonyl (C=O) groups is 3. The summed E-state index contributed by atoms with van der Waals surface area (Å²) < 4.78 is 22.6. The fraction of sp³-hybridized carbons (Fsp3) is 0.586. The molecule has 444 valence electrons. The number of carbonyl (C=O) groups excluding carboxylic acids is 3. The number of nitrogens with zero attached hydrogens (tertiary/aromatic N) is 1. The second kappa shape index (κ2) is 59.0. The van der Waals surface area contributed by atoms with Gasteiger partial charge in [-0.3, -0.25) is 9.59 Å². The third kappa shape index (κ3) is 60.4. The Morgan fingerprint density at radius 2 is 0.684 bits per heavy atom. The predicted octanol–water partition coefficient (Wildman–Crippen LogP) is 17.2. The number of rotatable bonds is 54. The maximum absolute atomic E-state index is 12.9. The van der Waals surface area contributed by atoms with Crippen molar-refractivity contribution in [2.24, 2.45) is 0 Å². The van der Waals surface area contributed by atoms with E-state index in [2.05, 4.69) is 172 Å². The highest BCUT2D eigenvalue weighted by Crippen LogP contribution is 2.14. The van der Waals surface area contributed by atoms with E-state index in [1.807, 2.05) is 21.1 Å². The van der Waals surface area contributed by atoms with Crippen LogP contribution in [0, 0.1) is 0 Å². The molecule has 0 aromatic rings. The number of hydrogen-bond acceptors (Lipinski definition) is 8. The minimum Gasteiger partial charge on any atom is -0.545 e. The van der Waals surface area contributed by atoms with Crippen LogP contribution >= 0.6 is 0 Å². The van der Waals surface area contributed by atoms with Gasteiger partial charge in [0, 0.05) is 12.8 Å². The van der Waals surface area contributed by atoms with Crippen LogP contribution in [0.1, 0.15) is 206 Å². The molecule has 2 atom stereocenters. The first kappa shape index (κ1) is 73.9. The molecule has 0 N–H and O–H groups in total. The molecule has 0 fully saturated rings. The first-order chi connectivity index (χ1) is 38.6. The number of aliphatic carboxylic acids is 1. The second-order valence-corrected chi connectivity index (χ2v) is 20.9. The van der Waals surface area contributed by atoms with Crippen LogP contribution in [0.2, 0.25) is 0 Å². The van der Waals surface area contributed by atoms with E-state index in [4.69, 9.17) is 18.9 Å². The van der Waals surface area contributed by atoms with Gasteiger partial charge in [0.25, 0.3) is 0 Å². The van der Waals surface area contributed by atoms with Crippen LogP contribution in [0.4, 0.5) is 0 Å². The molecule has 0 rings (SSSR count). The summed E-state index contributed by atoms with van der Waals surface area (Å²) in [4.78, 5) is 37.2. The lowest BCUT2D eigenvalue weighted by Gasteiger charge is -2.26. The van der Waals surface area contributed by atoms with Gasteiger partial charge in [-0.1, -0.05) is 230 Å². The van der Waals surface area contributed by atoms with E-state index in [1.165, 1.54) is 44.9 Å². The summed E-state index contributed by atoms with van der Waals surface area (Å²) in [6, 6.07) is 0. The van der Waals surface area contributed by atoms with Crippen molar-refractivity contribution in [2.75, 3.05) is 47.5 Å². The van der Waals surface area contributed by atoms with Gasteiger partial charge in [0.2, 0.25) is 0 Å². The van der Waals surface area contributed by atoms with Gasteiger partial charge < -0.3 is 33.3 Å². The summed E-state index contributed by atoms with van der Waals surface area (Å²) in [6.45, 7) is 4.44. The van der Waals surface area contributed by atoms with Crippen LogP contribution in [0.25, 0.3) is 0 Å². The Hall–Kier alpha value is -5.09. The Morgan fingerprint density at radius 1 is 0.380 bits per heavy atom. The second-order valence-electron chi connectivity index (χ2n) is 20.9. The van der Waals surface area contributed by atoms with Crippen molar-refractivity contribution in [2.45, 2.75) is 219 Å². The van der Waals surface area contributed by atoms with Crippen molar-refractivity contribution in [1.82, 2.24) is 0 Å². The number of carboxylic acid groups (broad SMARTS) is 1. The van der Waals surface area contributed by atoms with Crippen LogP contribution < -0.4 is 5.11 Å². The van der Waals surface area contributed by atoms with Crippen molar-refractivity contribution in [3.05, 3.63) is 158 Å². The minimum absolute atomic E-state index is 0.132. The molecule has 0 heterocycles. The molecular weight excluding hydrogens is 983 g/mol. The zero-order valence-electron chi connectivity index (χ0n) is 50.4. The van der Waals surface area contributed by atoms with Crippen molar-refractivity contribution in [1.29, 1.82) is 0 Å².